The molecule has 0 aromatic heterocycles. The van der Waals surface area contributed by atoms with Crippen LogP contribution in [0.15, 0.2) is 30.3 Å². The molecule has 0 spiro atoms. The highest BCUT2D eigenvalue weighted by molar-refractivity contribution is 5.69. The zero-order chi connectivity index (χ0) is 19.5. The van der Waals surface area contributed by atoms with E-state index in [0.717, 1.165) is 0 Å². The maximum Gasteiger partial charge on any atom is 0.460 e. The molecular formula is C14H11F9O2. The SMILES string of the molecule is O=C(CCC(F)(F)C(F)(F)C(F)(F)C(F)(F)F)OCc1ccccc1. The van der Waals surface area contributed by atoms with Gasteiger partial charge in [0.25, 0.3) is 0 Å². The third-order valence-electron chi connectivity index (χ3n) is 3.10. The number of hydrogen-bond acceptors (Lipinski definition) is 2. The molecule has 11 heteroatoms. The molecule has 1 aromatic carbocycles. The van der Waals surface area contributed by atoms with Crippen LogP contribution in [0.1, 0.15) is 18.4 Å². The van der Waals surface area contributed by atoms with Crippen LogP contribution in [-0.4, -0.2) is 29.9 Å². The van der Waals surface area contributed by atoms with Crippen LogP contribution in [0.5, 0.6) is 0 Å². The van der Waals surface area contributed by atoms with E-state index >= 15 is 0 Å². The number of carbonyl (C=O) groups excluding carboxylic acids is 1. The number of hydrogen-bond donors (Lipinski definition) is 0. The Kier molecular flexibility index (Phi) is 6.01. The first kappa shape index (κ1) is 21.1. The lowest BCUT2D eigenvalue weighted by Gasteiger charge is -2.33. The van der Waals surface area contributed by atoms with Crippen molar-refractivity contribution in [3.8, 4) is 0 Å². The second-order valence-corrected chi connectivity index (χ2v) is 5.00. The van der Waals surface area contributed by atoms with Gasteiger partial charge in [0.15, 0.2) is 0 Å². The molecule has 0 aliphatic heterocycles. The van der Waals surface area contributed by atoms with Crippen molar-refractivity contribution in [2.45, 2.75) is 43.4 Å². The largest absolute Gasteiger partial charge is 0.461 e. The van der Waals surface area contributed by atoms with Gasteiger partial charge in [0.05, 0.1) is 6.42 Å². The van der Waals surface area contributed by atoms with Crippen LogP contribution in [0.4, 0.5) is 39.5 Å². The van der Waals surface area contributed by atoms with Crippen molar-refractivity contribution >= 4 is 5.97 Å². The fourth-order valence-corrected chi connectivity index (χ4v) is 1.63. The maximum atomic E-state index is 13.2. The van der Waals surface area contributed by atoms with E-state index in [1.54, 1.807) is 18.2 Å². The van der Waals surface area contributed by atoms with Gasteiger partial charge < -0.3 is 4.74 Å². The molecule has 0 fully saturated rings. The number of halogens is 9. The van der Waals surface area contributed by atoms with Crippen LogP contribution in [0.25, 0.3) is 0 Å². The molecule has 0 saturated heterocycles. The summed E-state index contributed by atoms with van der Waals surface area (Å²) >= 11 is 0. The van der Waals surface area contributed by atoms with E-state index < -0.39 is 49.4 Å². The first-order chi connectivity index (χ1) is 11.2. The van der Waals surface area contributed by atoms with E-state index in [-0.39, 0.29) is 0 Å². The molecule has 1 aromatic rings. The minimum Gasteiger partial charge on any atom is -0.461 e. The molecule has 0 N–H and O–H groups in total. The van der Waals surface area contributed by atoms with E-state index in [2.05, 4.69) is 4.74 Å². The Bertz CT molecular complexity index is 582. The summed E-state index contributed by atoms with van der Waals surface area (Å²) in [5.74, 6) is -20.9. The molecule has 0 saturated carbocycles. The molecule has 0 radical (unpaired) electrons. The van der Waals surface area contributed by atoms with E-state index in [1.165, 1.54) is 12.1 Å². The van der Waals surface area contributed by atoms with Crippen molar-refractivity contribution in [3.05, 3.63) is 35.9 Å². The second kappa shape index (κ2) is 7.12. The lowest BCUT2D eigenvalue weighted by atomic mass is 10.00. The van der Waals surface area contributed by atoms with Crippen molar-refractivity contribution in [3.63, 3.8) is 0 Å². The monoisotopic (exact) mass is 382 g/mol. The summed E-state index contributed by atoms with van der Waals surface area (Å²) in [5, 5.41) is 0. The summed E-state index contributed by atoms with van der Waals surface area (Å²) in [7, 11) is 0. The number of carbonyl (C=O) groups is 1. The Morgan fingerprint density at radius 1 is 0.840 bits per heavy atom. The van der Waals surface area contributed by atoms with Gasteiger partial charge >= 0.3 is 29.9 Å². The van der Waals surface area contributed by atoms with Crippen LogP contribution in [-0.2, 0) is 16.1 Å². The smallest absolute Gasteiger partial charge is 0.460 e. The molecular weight excluding hydrogens is 371 g/mol. The third kappa shape index (κ3) is 4.57. The lowest BCUT2D eigenvalue weighted by Crippen LogP contribution is -2.60. The van der Waals surface area contributed by atoms with Gasteiger partial charge in [0.2, 0.25) is 0 Å². The molecule has 142 valence electrons. The van der Waals surface area contributed by atoms with Gasteiger partial charge in [0, 0.05) is 6.42 Å². The summed E-state index contributed by atoms with van der Waals surface area (Å²) in [6, 6.07) is 7.70. The predicted octanol–water partition coefficient (Wildman–Crippen LogP) is 4.98. The van der Waals surface area contributed by atoms with Crippen molar-refractivity contribution < 1.29 is 49.0 Å². The third-order valence-corrected chi connectivity index (χ3v) is 3.10. The highest BCUT2D eigenvalue weighted by Gasteiger charge is 2.81. The molecule has 25 heavy (non-hydrogen) atoms. The molecule has 0 heterocycles. The van der Waals surface area contributed by atoms with Crippen molar-refractivity contribution in [2.75, 3.05) is 0 Å². The zero-order valence-electron chi connectivity index (χ0n) is 12.2. The van der Waals surface area contributed by atoms with Crippen LogP contribution in [0.2, 0.25) is 0 Å². The number of ether oxygens (including phenoxy) is 1. The number of rotatable bonds is 7. The Labute approximate surface area is 135 Å². The van der Waals surface area contributed by atoms with Gasteiger partial charge in [-0.05, 0) is 5.56 Å². The number of esters is 1. The van der Waals surface area contributed by atoms with Crippen molar-refractivity contribution in [1.29, 1.82) is 0 Å². The molecule has 0 unspecified atom stereocenters. The molecule has 0 aliphatic carbocycles. The van der Waals surface area contributed by atoms with Crippen LogP contribution >= 0.6 is 0 Å². The van der Waals surface area contributed by atoms with E-state index in [0.29, 0.717) is 5.56 Å². The van der Waals surface area contributed by atoms with Crippen molar-refractivity contribution in [1.82, 2.24) is 0 Å². The molecule has 0 atom stereocenters. The van der Waals surface area contributed by atoms with E-state index in [1.807, 2.05) is 0 Å². The fraction of sp³-hybridized carbons (Fsp3) is 0.500. The average molecular weight is 382 g/mol. The Morgan fingerprint density at radius 3 is 1.84 bits per heavy atom. The second-order valence-electron chi connectivity index (χ2n) is 5.00. The summed E-state index contributed by atoms with van der Waals surface area (Å²) < 4.78 is 118. The van der Waals surface area contributed by atoms with E-state index in [9.17, 15) is 44.3 Å². The number of alkyl halides is 9. The van der Waals surface area contributed by atoms with Gasteiger partial charge in [-0.15, -0.1) is 0 Å². The summed E-state index contributed by atoms with van der Waals surface area (Å²) in [6.45, 7) is -0.402. The summed E-state index contributed by atoms with van der Waals surface area (Å²) in [5.41, 5.74) is 0.427. The predicted molar refractivity (Wildman–Crippen MR) is 66.4 cm³/mol. The maximum absolute atomic E-state index is 13.2. The van der Waals surface area contributed by atoms with Gasteiger partial charge in [-0.3, -0.25) is 4.79 Å². The Hall–Kier alpha value is -1.94. The summed E-state index contributed by atoms with van der Waals surface area (Å²) in [4.78, 5) is 11.2. The van der Waals surface area contributed by atoms with Crippen molar-refractivity contribution in [2.24, 2.45) is 0 Å². The first-order valence-electron chi connectivity index (χ1n) is 6.62. The summed E-state index contributed by atoms with van der Waals surface area (Å²) in [6.07, 6.45) is -10.6. The van der Waals surface area contributed by atoms with Gasteiger partial charge in [-0.1, -0.05) is 30.3 Å². The Balaban J connectivity index is 2.69. The van der Waals surface area contributed by atoms with Crippen LogP contribution in [0, 0.1) is 0 Å². The lowest BCUT2D eigenvalue weighted by molar-refractivity contribution is -0.396. The molecule has 1 rings (SSSR count). The van der Waals surface area contributed by atoms with Crippen LogP contribution in [0.3, 0.4) is 0 Å². The fourth-order valence-electron chi connectivity index (χ4n) is 1.63. The van der Waals surface area contributed by atoms with Gasteiger partial charge in [-0.25, -0.2) is 0 Å². The highest BCUT2D eigenvalue weighted by Crippen LogP contribution is 2.54. The molecule has 0 aliphatic rings. The van der Waals surface area contributed by atoms with Crippen LogP contribution < -0.4 is 0 Å². The van der Waals surface area contributed by atoms with Gasteiger partial charge in [0.1, 0.15) is 6.61 Å². The Morgan fingerprint density at radius 2 is 1.36 bits per heavy atom. The quantitative estimate of drug-likeness (QED) is 0.491. The van der Waals surface area contributed by atoms with E-state index in [4.69, 9.17) is 0 Å². The van der Waals surface area contributed by atoms with Gasteiger partial charge in [-0.2, -0.15) is 39.5 Å². The first-order valence-corrected chi connectivity index (χ1v) is 6.62. The zero-order valence-corrected chi connectivity index (χ0v) is 12.2. The molecule has 0 amide bonds. The average Bonchev–Trinajstić information content (AvgIpc) is 2.50. The standard InChI is InChI=1S/C14H11F9O2/c15-11(16,12(17,18)13(19,20)14(21,22)23)7-6-10(24)25-8-9-4-2-1-3-5-9/h1-5H,6-8H2. The molecule has 0 bridgehead atoms. The minimum absolute atomic E-state index is 0.402. The number of benzene rings is 1. The minimum atomic E-state index is -6.96. The molecule has 2 nitrogen and oxygen atoms in total. The highest BCUT2D eigenvalue weighted by atomic mass is 19.4. The topological polar surface area (TPSA) is 26.3 Å². The normalized spacial score (nSPS) is 13.6.